The zero-order valence-electron chi connectivity index (χ0n) is 8.29. The van der Waals surface area contributed by atoms with E-state index < -0.39 is 11.4 Å². The number of aromatic nitrogens is 3. The normalized spacial score (nSPS) is 12.9. The summed E-state index contributed by atoms with van der Waals surface area (Å²) < 4.78 is 30.9. The van der Waals surface area contributed by atoms with Crippen molar-refractivity contribution in [1.29, 1.82) is 0 Å². The largest absolute Gasteiger partial charge is 0.750 e. The van der Waals surface area contributed by atoms with Gasteiger partial charge in [0.25, 0.3) is 0 Å². The van der Waals surface area contributed by atoms with Gasteiger partial charge in [-0.1, -0.05) is 5.21 Å². The summed E-state index contributed by atoms with van der Waals surface area (Å²) in [5.74, 6) is 0. The van der Waals surface area contributed by atoms with Gasteiger partial charge in [0.15, 0.2) is 0 Å². The number of methoxy groups -OCH3 is 1. The molecule has 0 saturated heterocycles. The maximum atomic E-state index is 10.0. The van der Waals surface area contributed by atoms with Gasteiger partial charge in [-0.15, -0.1) is 5.10 Å². The fraction of sp³-hybridized carbons (Fsp3) is 0.714. The molecular weight excluding hydrogens is 222 g/mol. The Balaban J connectivity index is 2.22. The van der Waals surface area contributed by atoms with Gasteiger partial charge in [-0.3, -0.25) is 4.68 Å². The number of rotatable bonds is 7. The van der Waals surface area contributed by atoms with Crippen LogP contribution in [0, 0.1) is 0 Å². The Morgan fingerprint density at radius 1 is 1.67 bits per heavy atom. The first-order chi connectivity index (χ1) is 7.22. The van der Waals surface area contributed by atoms with Gasteiger partial charge >= 0.3 is 0 Å². The predicted octanol–water partition coefficient (Wildman–Crippen LogP) is -0.375. The maximum absolute atomic E-state index is 10.0. The summed E-state index contributed by atoms with van der Waals surface area (Å²) in [6.07, 6.45) is 2.31. The van der Waals surface area contributed by atoms with Crippen molar-refractivity contribution in [1.82, 2.24) is 15.0 Å². The standard InChI is InChI=1S/C7H13N3O4S/c1-13-6-7-5-10(9-8-7)3-2-4-14-15(11)12/h5H,2-4,6H2,1H3,(H,11,12)/p-1. The summed E-state index contributed by atoms with van der Waals surface area (Å²) in [5, 5.41) is 7.67. The maximum Gasteiger partial charge on any atom is 0.108 e. The quantitative estimate of drug-likeness (QED) is 0.472. The highest BCUT2D eigenvalue weighted by atomic mass is 32.2. The van der Waals surface area contributed by atoms with E-state index >= 15 is 0 Å². The van der Waals surface area contributed by atoms with Crippen molar-refractivity contribution < 1.29 is 17.7 Å². The van der Waals surface area contributed by atoms with Crippen LogP contribution in [0.1, 0.15) is 12.1 Å². The Labute approximate surface area is 89.9 Å². The molecule has 1 atom stereocenters. The minimum Gasteiger partial charge on any atom is -0.750 e. The average Bonchev–Trinajstić information content (AvgIpc) is 2.61. The summed E-state index contributed by atoms with van der Waals surface area (Å²) in [7, 11) is 1.58. The van der Waals surface area contributed by atoms with E-state index in [4.69, 9.17) is 4.74 Å². The van der Waals surface area contributed by atoms with E-state index in [0.29, 0.717) is 19.6 Å². The third kappa shape index (κ3) is 4.98. The zero-order chi connectivity index (χ0) is 11.1. The van der Waals surface area contributed by atoms with Crippen molar-refractivity contribution in [2.45, 2.75) is 19.6 Å². The molecule has 0 N–H and O–H groups in total. The van der Waals surface area contributed by atoms with Gasteiger partial charge in [-0.25, -0.2) is 4.21 Å². The lowest BCUT2D eigenvalue weighted by Gasteiger charge is -2.04. The van der Waals surface area contributed by atoms with Crippen LogP contribution in [-0.4, -0.2) is 37.5 Å². The smallest absolute Gasteiger partial charge is 0.108 e. The first-order valence-corrected chi connectivity index (χ1v) is 5.33. The zero-order valence-corrected chi connectivity index (χ0v) is 9.11. The molecule has 0 aliphatic carbocycles. The van der Waals surface area contributed by atoms with Crippen LogP contribution in [0.4, 0.5) is 0 Å². The van der Waals surface area contributed by atoms with Gasteiger partial charge in [0, 0.05) is 13.7 Å². The van der Waals surface area contributed by atoms with E-state index in [0.717, 1.165) is 5.69 Å². The first kappa shape index (κ1) is 12.2. The molecule has 1 unspecified atom stereocenters. The second-order valence-corrected chi connectivity index (χ2v) is 3.43. The minimum atomic E-state index is -2.44. The third-order valence-electron chi connectivity index (χ3n) is 1.59. The number of aryl methyl sites for hydroxylation is 1. The second-order valence-electron chi connectivity index (χ2n) is 2.79. The Hall–Kier alpha value is -0.830. The van der Waals surface area contributed by atoms with Crippen LogP contribution in [0.3, 0.4) is 0 Å². The van der Waals surface area contributed by atoms with Crippen molar-refractivity contribution in [3.63, 3.8) is 0 Å². The molecule has 1 rings (SSSR count). The highest BCUT2D eigenvalue weighted by Gasteiger charge is 1.99. The van der Waals surface area contributed by atoms with Crippen molar-refractivity contribution in [2.24, 2.45) is 0 Å². The van der Waals surface area contributed by atoms with Crippen molar-refractivity contribution in [2.75, 3.05) is 13.7 Å². The van der Waals surface area contributed by atoms with Crippen LogP contribution in [0.5, 0.6) is 0 Å². The molecule has 15 heavy (non-hydrogen) atoms. The first-order valence-electron chi connectivity index (χ1n) is 4.33. The molecule has 8 heteroatoms. The average molecular weight is 234 g/mol. The van der Waals surface area contributed by atoms with E-state index in [-0.39, 0.29) is 6.61 Å². The van der Waals surface area contributed by atoms with E-state index in [1.807, 2.05) is 0 Å². The van der Waals surface area contributed by atoms with Gasteiger partial charge in [-0.05, 0) is 6.42 Å². The molecule has 0 amide bonds. The summed E-state index contributed by atoms with van der Waals surface area (Å²) in [5.41, 5.74) is 0.741. The third-order valence-corrected chi connectivity index (χ3v) is 1.95. The van der Waals surface area contributed by atoms with Gasteiger partial charge in [0.1, 0.15) is 5.69 Å². The van der Waals surface area contributed by atoms with Crippen molar-refractivity contribution in [3.05, 3.63) is 11.9 Å². The number of ether oxygens (including phenoxy) is 1. The summed E-state index contributed by atoms with van der Waals surface area (Å²) in [4.78, 5) is 0. The Bertz CT molecular complexity index is 317. The van der Waals surface area contributed by atoms with Gasteiger partial charge in [-0.2, -0.15) is 0 Å². The number of hydrogen-bond acceptors (Lipinski definition) is 6. The molecule has 0 spiro atoms. The molecule has 0 saturated carbocycles. The van der Waals surface area contributed by atoms with Gasteiger partial charge in [0.2, 0.25) is 0 Å². The highest BCUT2D eigenvalue weighted by molar-refractivity contribution is 7.74. The molecule has 0 aliphatic heterocycles. The highest BCUT2D eigenvalue weighted by Crippen LogP contribution is 1.96. The Kier molecular flexibility index (Phi) is 5.40. The molecule has 0 fully saturated rings. The summed E-state index contributed by atoms with van der Waals surface area (Å²) in [6.45, 7) is 1.13. The Morgan fingerprint density at radius 3 is 3.13 bits per heavy atom. The molecule has 86 valence electrons. The molecule has 0 bridgehead atoms. The molecule has 0 aliphatic rings. The number of nitrogens with zero attached hydrogens (tertiary/aromatic N) is 3. The molecular formula is C7H12N3O4S-. The molecule has 1 aromatic heterocycles. The summed E-state index contributed by atoms with van der Waals surface area (Å²) >= 11 is -2.44. The van der Waals surface area contributed by atoms with Crippen LogP contribution in [0.25, 0.3) is 0 Å². The van der Waals surface area contributed by atoms with Crippen LogP contribution >= 0.6 is 0 Å². The second kappa shape index (κ2) is 6.62. The van der Waals surface area contributed by atoms with E-state index in [1.54, 1.807) is 18.0 Å². The fourth-order valence-electron chi connectivity index (χ4n) is 1.02. The lowest BCUT2D eigenvalue weighted by molar-refractivity contribution is 0.181. The van der Waals surface area contributed by atoms with E-state index in [1.165, 1.54) is 0 Å². The van der Waals surface area contributed by atoms with Crippen LogP contribution in [0.15, 0.2) is 6.20 Å². The topological polar surface area (TPSA) is 89.3 Å². The molecule has 1 aromatic rings. The Morgan fingerprint density at radius 2 is 2.47 bits per heavy atom. The van der Waals surface area contributed by atoms with Crippen LogP contribution < -0.4 is 0 Å². The predicted molar refractivity (Wildman–Crippen MR) is 50.2 cm³/mol. The summed E-state index contributed by atoms with van der Waals surface area (Å²) in [6, 6.07) is 0. The fourth-order valence-corrected chi connectivity index (χ4v) is 1.27. The van der Waals surface area contributed by atoms with Crippen molar-refractivity contribution in [3.8, 4) is 0 Å². The molecule has 1 heterocycles. The molecule has 7 nitrogen and oxygen atoms in total. The van der Waals surface area contributed by atoms with E-state index in [9.17, 15) is 8.76 Å². The minimum absolute atomic E-state index is 0.148. The lowest BCUT2D eigenvalue weighted by Crippen LogP contribution is -2.04. The van der Waals surface area contributed by atoms with Crippen LogP contribution in [0.2, 0.25) is 0 Å². The molecule has 0 radical (unpaired) electrons. The lowest BCUT2D eigenvalue weighted by atomic mass is 10.4. The molecule has 0 aromatic carbocycles. The number of hydrogen-bond donors (Lipinski definition) is 0. The van der Waals surface area contributed by atoms with Gasteiger partial charge < -0.3 is 13.5 Å². The van der Waals surface area contributed by atoms with E-state index in [2.05, 4.69) is 14.5 Å². The SMILES string of the molecule is COCc1cn(CCCOS(=O)[O-])nn1. The van der Waals surface area contributed by atoms with Crippen molar-refractivity contribution >= 4 is 11.4 Å². The van der Waals surface area contributed by atoms with Gasteiger partial charge in [0.05, 0.1) is 30.8 Å². The van der Waals surface area contributed by atoms with Crippen LogP contribution in [-0.2, 0) is 33.4 Å². The monoisotopic (exact) mass is 234 g/mol.